The molecule has 0 aromatic heterocycles. The molecule has 0 heterocycles. The van der Waals surface area contributed by atoms with Crippen LogP contribution in [-0.4, -0.2) is 16.3 Å². The molecule has 2 N–H and O–H groups in total. The van der Waals surface area contributed by atoms with Gasteiger partial charge in [-0.1, -0.05) is 42.1 Å². The van der Waals surface area contributed by atoms with Crippen LogP contribution in [0.25, 0.3) is 0 Å². The van der Waals surface area contributed by atoms with Gasteiger partial charge in [-0.25, -0.2) is 0 Å². The summed E-state index contributed by atoms with van der Waals surface area (Å²) in [4.78, 5) is 9.85. The number of nitrogens with two attached hydrogens (primary N) is 1. The van der Waals surface area contributed by atoms with E-state index in [-0.39, 0.29) is 5.17 Å². The van der Waals surface area contributed by atoms with Gasteiger partial charge in [-0.05, 0) is 27.6 Å². The van der Waals surface area contributed by atoms with E-state index in [1.54, 1.807) is 0 Å². The van der Waals surface area contributed by atoms with Crippen molar-refractivity contribution < 1.29 is 9.31 Å². The van der Waals surface area contributed by atoms with Crippen LogP contribution in [0.5, 0.6) is 0 Å². The smallest absolute Gasteiger partial charge is 0.305 e. The minimum absolute atomic E-state index is 0.258. The van der Waals surface area contributed by atoms with Crippen LogP contribution in [-0.2, 0) is 5.75 Å². The third-order valence-electron chi connectivity index (χ3n) is 2.85. The highest BCUT2D eigenvalue weighted by molar-refractivity contribution is 9.10. The summed E-state index contributed by atoms with van der Waals surface area (Å²) in [6.07, 6.45) is 1.27. The molecule has 0 radical (unpaired) electrons. The summed E-state index contributed by atoms with van der Waals surface area (Å²) < 4.78 is 13.9. The number of nitro benzene ring substituents is 1. The van der Waals surface area contributed by atoms with Gasteiger partial charge in [-0.2, -0.15) is 9.49 Å². The minimum Gasteiger partial charge on any atom is -0.377 e. The topological polar surface area (TPSA) is 93.9 Å². The van der Waals surface area contributed by atoms with E-state index in [1.165, 1.54) is 18.0 Å². The molecule has 2 aromatic rings. The molecule has 0 fully saturated rings. The van der Waals surface area contributed by atoms with Crippen molar-refractivity contribution in [2.24, 2.45) is 15.9 Å². The molecule has 0 spiro atoms. The number of amidine groups is 1. The van der Waals surface area contributed by atoms with Gasteiger partial charge >= 0.3 is 5.69 Å². The molecule has 24 heavy (non-hydrogen) atoms. The fourth-order valence-corrected chi connectivity index (χ4v) is 2.74. The van der Waals surface area contributed by atoms with E-state index in [2.05, 4.69) is 26.1 Å². The van der Waals surface area contributed by atoms with Crippen LogP contribution in [0.1, 0.15) is 11.1 Å². The molecule has 2 rings (SSSR count). The van der Waals surface area contributed by atoms with E-state index in [9.17, 15) is 14.5 Å². The van der Waals surface area contributed by atoms with Crippen LogP contribution in [0.2, 0.25) is 0 Å². The van der Waals surface area contributed by atoms with E-state index in [0.717, 1.165) is 17.7 Å². The standard InChI is InChI=1S/C15H12BrFN4O2S/c16-12-7-14(21(22)23)13(17)6-11(12)8-19-20-15(18)24-9-10-4-2-1-3-5-10/h1-8H,9H2,(H2,18,20). The predicted molar refractivity (Wildman–Crippen MR) is 97.7 cm³/mol. The lowest BCUT2D eigenvalue weighted by Crippen LogP contribution is -2.06. The number of thioether (sulfide) groups is 1. The Bertz CT molecular complexity index is 800. The number of rotatable bonds is 5. The molecule has 0 saturated heterocycles. The van der Waals surface area contributed by atoms with Crippen LogP contribution in [0, 0.1) is 15.9 Å². The molecule has 6 nitrogen and oxygen atoms in total. The van der Waals surface area contributed by atoms with Crippen molar-refractivity contribution in [3.8, 4) is 0 Å². The lowest BCUT2D eigenvalue weighted by atomic mass is 10.2. The predicted octanol–water partition coefficient (Wildman–Crippen LogP) is 4.08. The van der Waals surface area contributed by atoms with Gasteiger partial charge in [0.2, 0.25) is 5.82 Å². The van der Waals surface area contributed by atoms with Gasteiger partial charge in [0.15, 0.2) is 5.17 Å². The van der Waals surface area contributed by atoms with Crippen molar-refractivity contribution in [1.82, 2.24) is 0 Å². The zero-order valence-corrected chi connectivity index (χ0v) is 14.6. The van der Waals surface area contributed by atoms with Crippen LogP contribution >= 0.6 is 27.7 Å². The Balaban J connectivity index is 2.02. The Kier molecular flexibility index (Phi) is 6.44. The maximum absolute atomic E-state index is 13.6. The molecule has 124 valence electrons. The number of hydrogen-bond donors (Lipinski definition) is 1. The first-order valence-corrected chi connectivity index (χ1v) is 8.42. The Hall–Kier alpha value is -2.26. The molecular formula is C15H12BrFN4O2S. The maximum Gasteiger partial charge on any atom is 0.305 e. The highest BCUT2D eigenvalue weighted by Crippen LogP contribution is 2.25. The second-order valence-electron chi connectivity index (χ2n) is 4.54. The highest BCUT2D eigenvalue weighted by atomic mass is 79.9. The molecular weight excluding hydrogens is 399 g/mol. The monoisotopic (exact) mass is 410 g/mol. The molecule has 2 aromatic carbocycles. The number of nitro groups is 1. The number of nitrogens with zero attached hydrogens (tertiary/aromatic N) is 3. The summed E-state index contributed by atoms with van der Waals surface area (Å²) in [6.45, 7) is 0. The summed E-state index contributed by atoms with van der Waals surface area (Å²) in [6, 6.07) is 11.8. The third-order valence-corrected chi connectivity index (χ3v) is 4.39. The molecule has 0 saturated carbocycles. The van der Waals surface area contributed by atoms with Crippen LogP contribution in [0.4, 0.5) is 10.1 Å². The second kappa shape index (κ2) is 8.55. The Morgan fingerprint density at radius 3 is 2.75 bits per heavy atom. The molecule has 0 aliphatic rings. The second-order valence-corrected chi connectivity index (χ2v) is 6.39. The van der Waals surface area contributed by atoms with Gasteiger partial charge in [0, 0.05) is 21.9 Å². The number of benzene rings is 2. The van der Waals surface area contributed by atoms with Crippen molar-refractivity contribution >= 4 is 44.8 Å². The number of halogens is 2. The molecule has 0 aliphatic carbocycles. The lowest BCUT2D eigenvalue weighted by molar-refractivity contribution is -0.387. The first-order chi connectivity index (χ1) is 11.5. The van der Waals surface area contributed by atoms with Gasteiger partial charge in [0.25, 0.3) is 0 Å². The summed E-state index contributed by atoms with van der Waals surface area (Å²) in [5.74, 6) is -0.290. The maximum atomic E-state index is 13.6. The Labute approximate surface area is 149 Å². The fourth-order valence-electron chi connectivity index (χ4n) is 1.70. The molecule has 0 amide bonds. The molecule has 0 atom stereocenters. The average Bonchev–Trinajstić information content (AvgIpc) is 2.56. The number of hydrogen-bond acceptors (Lipinski definition) is 5. The largest absolute Gasteiger partial charge is 0.377 e. The first kappa shape index (κ1) is 18.1. The molecule has 0 aliphatic heterocycles. The zero-order chi connectivity index (χ0) is 17.5. The van der Waals surface area contributed by atoms with Crippen molar-refractivity contribution in [2.45, 2.75) is 5.75 Å². The van der Waals surface area contributed by atoms with Gasteiger partial charge < -0.3 is 5.73 Å². The van der Waals surface area contributed by atoms with Crippen LogP contribution in [0.15, 0.2) is 57.1 Å². The highest BCUT2D eigenvalue weighted by Gasteiger charge is 2.16. The molecule has 0 bridgehead atoms. The van der Waals surface area contributed by atoms with Crippen molar-refractivity contribution in [3.63, 3.8) is 0 Å². The normalized spacial score (nSPS) is 11.8. The van der Waals surface area contributed by atoms with E-state index in [0.29, 0.717) is 15.8 Å². The molecule has 0 unspecified atom stereocenters. The third kappa shape index (κ3) is 5.14. The van der Waals surface area contributed by atoms with E-state index >= 15 is 0 Å². The van der Waals surface area contributed by atoms with Crippen LogP contribution < -0.4 is 5.73 Å². The first-order valence-electron chi connectivity index (χ1n) is 6.64. The van der Waals surface area contributed by atoms with Gasteiger partial charge in [-0.3, -0.25) is 10.1 Å². The quantitative estimate of drug-likeness (QED) is 0.347. The van der Waals surface area contributed by atoms with E-state index < -0.39 is 16.4 Å². The summed E-state index contributed by atoms with van der Waals surface area (Å²) in [7, 11) is 0. The van der Waals surface area contributed by atoms with E-state index in [1.807, 2.05) is 30.3 Å². The van der Waals surface area contributed by atoms with Crippen molar-refractivity contribution in [3.05, 3.63) is 74.0 Å². The van der Waals surface area contributed by atoms with Gasteiger partial charge in [0.1, 0.15) is 0 Å². The average molecular weight is 411 g/mol. The Morgan fingerprint density at radius 2 is 2.08 bits per heavy atom. The lowest BCUT2D eigenvalue weighted by Gasteiger charge is -2.00. The van der Waals surface area contributed by atoms with E-state index in [4.69, 9.17) is 5.73 Å². The zero-order valence-electron chi connectivity index (χ0n) is 12.2. The fraction of sp³-hybridized carbons (Fsp3) is 0.0667. The summed E-state index contributed by atoms with van der Waals surface area (Å²) >= 11 is 4.45. The minimum atomic E-state index is -0.944. The summed E-state index contributed by atoms with van der Waals surface area (Å²) in [5, 5.41) is 18.5. The summed E-state index contributed by atoms with van der Waals surface area (Å²) in [5.41, 5.74) is 6.55. The van der Waals surface area contributed by atoms with Crippen molar-refractivity contribution in [2.75, 3.05) is 0 Å². The van der Waals surface area contributed by atoms with Gasteiger partial charge in [0.05, 0.1) is 11.1 Å². The van der Waals surface area contributed by atoms with Gasteiger partial charge in [-0.15, -0.1) is 5.10 Å². The Morgan fingerprint density at radius 1 is 1.38 bits per heavy atom. The van der Waals surface area contributed by atoms with Crippen molar-refractivity contribution in [1.29, 1.82) is 0 Å². The molecule has 9 heteroatoms. The van der Waals surface area contributed by atoms with Crippen LogP contribution in [0.3, 0.4) is 0 Å². The SMILES string of the molecule is NC(=NN=Cc1cc(F)c([N+](=O)[O-])cc1Br)SCc1ccccc1.